The van der Waals surface area contributed by atoms with E-state index >= 15 is 0 Å². The normalized spacial score (nSPS) is 43.1. The number of halogens is 6. The predicted molar refractivity (Wildman–Crippen MR) is 141 cm³/mol. The van der Waals surface area contributed by atoms with Crippen LogP contribution in [0.3, 0.4) is 0 Å². The first kappa shape index (κ1) is 29.7. The Morgan fingerprint density at radius 2 is 1.51 bits per heavy atom. The minimum atomic E-state index is -4.38. The van der Waals surface area contributed by atoms with Gasteiger partial charge in [0.2, 0.25) is 0 Å². The molecule has 0 amide bonds. The van der Waals surface area contributed by atoms with Crippen molar-refractivity contribution in [3.05, 3.63) is 0 Å². The molecule has 4 aliphatic heterocycles. The highest BCUT2D eigenvalue weighted by molar-refractivity contribution is 5.80. The molecular formula is C26H43F6N9. The second-order valence-corrected chi connectivity index (χ2v) is 13.1. The van der Waals surface area contributed by atoms with Crippen LogP contribution in [-0.2, 0) is 0 Å². The van der Waals surface area contributed by atoms with Gasteiger partial charge in [0.25, 0.3) is 0 Å². The average Bonchev–Trinajstić information content (AvgIpc) is 3.65. The van der Waals surface area contributed by atoms with E-state index in [2.05, 4.69) is 26.6 Å². The van der Waals surface area contributed by atoms with Gasteiger partial charge in [0.1, 0.15) is 18.2 Å². The van der Waals surface area contributed by atoms with Crippen molar-refractivity contribution < 1.29 is 26.3 Å². The zero-order valence-corrected chi connectivity index (χ0v) is 23.5. The van der Waals surface area contributed by atoms with E-state index in [1.807, 2.05) is 16.8 Å². The minimum Gasteiger partial charge on any atom is -0.338 e. The quantitative estimate of drug-likeness (QED) is 0.266. The van der Waals surface area contributed by atoms with E-state index in [1.54, 1.807) is 11.9 Å². The van der Waals surface area contributed by atoms with Gasteiger partial charge < -0.3 is 15.1 Å². The number of hydrogen-bond acceptors (Lipinski definition) is 7. The van der Waals surface area contributed by atoms with Crippen LogP contribution in [0, 0.1) is 29.1 Å². The van der Waals surface area contributed by atoms with E-state index in [0.29, 0.717) is 19.0 Å². The molecule has 2 aliphatic carbocycles. The fourth-order valence-electron chi connectivity index (χ4n) is 8.18. The topological polar surface area (TPSA) is 93.7 Å². The van der Waals surface area contributed by atoms with Gasteiger partial charge in [-0.05, 0) is 63.3 Å². The second kappa shape index (κ2) is 11.0. The number of nitrogens with one attached hydrogen (secondary N) is 6. The van der Waals surface area contributed by atoms with E-state index < -0.39 is 36.5 Å². The Hall–Kier alpha value is -1.39. The molecule has 2 saturated carbocycles. The SMILES string of the molecule is CN1CC(C(F)(F)F)NC1C1CCC(CN2C(=N)N(C)C3CNC(C4C(C5CC5)NCNC4C(F)(F)F)NC32)CC1. The van der Waals surface area contributed by atoms with Gasteiger partial charge >= 0.3 is 12.4 Å². The lowest BCUT2D eigenvalue weighted by atomic mass is 9.80. The Kier molecular flexibility index (Phi) is 7.93. The van der Waals surface area contributed by atoms with E-state index in [1.165, 1.54) is 0 Å². The van der Waals surface area contributed by atoms with Gasteiger partial charge in [0.05, 0.1) is 18.4 Å². The molecule has 4 saturated heterocycles. The zero-order chi connectivity index (χ0) is 29.3. The maximum atomic E-state index is 14.2. The van der Waals surface area contributed by atoms with Crippen LogP contribution in [0.4, 0.5) is 26.3 Å². The van der Waals surface area contributed by atoms with Crippen molar-refractivity contribution in [1.82, 2.24) is 41.3 Å². The molecule has 0 aromatic rings. The van der Waals surface area contributed by atoms with Crippen LogP contribution in [0.15, 0.2) is 0 Å². The van der Waals surface area contributed by atoms with Crippen LogP contribution in [0.25, 0.3) is 0 Å². The number of likely N-dealkylation sites (N-methyl/N-ethyl adjacent to an activating group) is 2. The molecule has 6 fully saturated rings. The van der Waals surface area contributed by atoms with E-state index in [0.717, 1.165) is 38.5 Å². The molecule has 8 atom stereocenters. The van der Waals surface area contributed by atoms with Crippen molar-refractivity contribution in [1.29, 1.82) is 5.41 Å². The van der Waals surface area contributed by atoms with Crippen LogP contribution < -0.4 is 26.6 Å². The smallest absolute Gasteiger partial charge is 0.338 e. The molecular weight excluding hydrogens is 552 g/mol. The first-order chi connectivity index (χ1) is 19.3. The Balaban J connectivity index is 1.11. The number of alkyl halides is 6. The van der Waals surface area contributed by atoms with Crippen molar-refractivity contribution in [2.24, 2.45) is 23.7 Å². The third kappa shape index (κ3) is 5.78. The summed E-state index contributed by atoms with van der Waals surface area (Å²) in [7, 11) is 3.60. The van der Waals surface area contributed by atoms with Gasteiger partial charge in [-0.25, -0.2) is 0 Å². The van der Waals surface area contributed by atoms with Gasteiger partial charge in [-0.1, -0.05) is 0 Å². The van der Waals surface area contributed by atoms with Crippen LogP contribution in [0.2, 0.25) is 0 Å². The summed E-state index contributed by atoms with van der Waals surface area (Å²) in [5.41, 5.74) is 0. The number of nitrogens with zero attached hydrogens (tertiary/aromatic N) is 3. The monoisotopic (exact) mass is 595 g/mol. The Bertz CT molecular complexity index is 953. The fourth-order valence-corrected chi connectivity index (χ4v) is 8.18. The van der Waals surface area contributed by atoms with Gasteiger partial charge in [-0.2, -0.15) is 26.3 Å². The molecule has 0 aromatic carbocycles. The van der Waals surface area contributed by atoms with Gasteiger partial charge in [-0.15, -0.1) is 0 Å². The highest BCUT2D eigenvalue weighted by atomic mass is 19.4. The fraction of sp³-hybridized carbons (Fsp3) is 0.962. The van der Waals surface area contributed by atoms with Crippen LogP contribution in [0.1, 0.15) is 38.5 Å². The second-order valence-electron chi connectivity index (χ2n) is 13.1. The molecule has 41 heavy (non-hydrogen) atoms. The molecule has 9 nitrogen and oxygen atoms in total. The molecule has 0 radical (unpaired) electrons. The number of guanidine groups is 1. The van der Waals surface area contributed by atoms with Crippen molar-refractivity contribution in [2.45, 2.75) is 93.5 Å². The Morgan fingerprint density at radius 3 is 2.12 bits per heavy atom. The minimum absolute atomic E-state index is 0.0435. The van der Waals surface area contributed by atoms with Crippen LogP contribution >= 0.6 is 0 Å². The summed E-state index contributed by atoms with van der Waals surface area (Å²) >= 11 is 0. The summed E-state index contributed by atoms with van der Waals surface area (Å²) in [6.45, 7) is 1.17. The third-order valence-corrected chi connectivity index (χ3v) is 10.5. The van der Waals surface area contributed by atoms with Crippen LogP contribution in [-0.4, -0.2) is 116 Å². The van der Waals surface area contributed by atoms with Gasteiger partial charge in [0, 0.05) is 45.3 Å². The van der Waals surface area contributed by atoms with Crippen molar-refractivity contribution in [3.63, 3.8) is 0 Å². The molecule has 0 spiro atoms. The predicted octanol–water partition coefficient (Wildman–Crippen LogP) is 1.46. The maximum Gasteiger partial charge on any atom is 0.405 e. The lowest BCUT2D eigenvalue weighted by Gasteiger charge is -2.49. The third-order valence-electron chi connectivity index (χ3n) is 10.5. The van der Waals surface area contributed by atoms with E-state index in [4.69, 9.17) is 5.41 Å². The molecule has 6 aliphatic rings. The van der Waals surface area contributed by atoms with Crippen LogP contribution in [0.5, 0.6) is 0 Å². The Morgan fingerprint density at radius 1 is 0.829 bits per heavy atom. The van der Waals surface area contributed by atoms with E-state index in [9.17, 15) is 26.3 Å². The average molecular weight is 596 g/mol. The molecule has 234 valence electrons. The largest absolute Gasteiger partial charge is 0.405 e. The highest BCUT2D eigenvalue weighted by Crippen LogP contribution is 2.42. The lowest BCUT2D eigenvalue weighted by molar-refractivity contribution is -0.182. The van der Waals surface area contributed by atoms with Crippen molar-refractivity contribution in [3.8, 4) is 0 Å². The molecule has 0 aromatic heterocycles. The first-order valence-corrected chi connectivity index (χ1v) is 15.0. The van der Waals surface area contributed by atoms with E-state index in [-0.39, 0.29) is 55.4 Å². The summed E-state index contributed by atoms with van der Waals surface area (Å²) in [5, 5.41) is 24.5. The highest BCUT2D eigenvalue weighted by Gasteiger charge is 2.57. The maximum absolute atomic E-state index is 14.2. The number of fused-ring (bicyclic) bond motifs is 1. The summed E-state index contributed by atoms with van der Waals surface area (Å²) in [6, 6.07) is -3.46. The van der Waals surface area contributed by atoms with Crippen molar-refractivity contribution in [2.75, 3.05) is 40.4 Å². The van der Waals surface area contributed by atoms with Gasteiger partial charge in [0.15, 0.2) is 5.96 Å². The molecule has 0 bridgehead atoms. The van der Waals surface area contributed by atoms with Gasteiger partial charge in [-0.3, -0.25) is 31.6 Å². The molecule has 4 heterocycles. The lowest BCUT2D eigenvalue weighted by Crippen LogP contribution is -2.74. The standard InChI is InChI=1S/C26H43F6N9/c1-39-11-17(25(27,28)29)37-22(39)15-5-3-13(4-6-15)10-41-23-16(40(2)24(41)33)9-34-21(38-23)18-19(14-7-8-14)35-12-36-20(18)26(30,31)32/h13-23,33-38H,3-12H2,1-2H3. The Labute approximate surface area is 237 Å². The summed E-state index contributed by atoms with van der Waals surface area (Å²) in [6.07, 6.45) is -4.64. The number of rotatable bonds is 5. The van der Waals surface area contributed by atoms with Crippen molar-refractivity contribution >= 4 is 5.96 Å². The zero-order valence-electron chi connectivity index (χ0n) is 23.5. The summed E-state index contributed by atoms with van der Waals surface area (Å²) in [4.78, 5) is 5.66. The number of hydrogen-bond donors (Lipinski definition) is 6. The summed E-state index contributed by atoms with van der Waals surface area (Å²) in [5.74, 6) is 0.255. The molecule has 8 unspecified atom stereocenters. The summed E-state index contributed by atoms with van der Waals surface area (Å²) < 4.78 is 82.3. The first-order valence-electron chi connectivity index (χ1n) is 15.0. The molecule has 6 N–H and O–H groups in total. The molecule has 15 heteroatoms. The molecule has 6 rings (SSSR count).